The molecule has 1 saturated heterocycles. The van der Waals surface area contributed by atoms with Gasteiger partial charge < -0.3 is 10.1 Å². The van der Waals surface area contributed by atoms with Crippen molar-refractivity contribution in [3.05, 3.63) is 35.4 Å². The number of hydrogen-bond donors (Lipinski definition) is 1. The van der Waals surface area contributed by atoms with Crippen molar-refractivity contribution in [2.24, 2.45) is 0 Å². The molecule has 4 nitrogen and oxygen atoms in total. The number of Topliss-reactive ketones (excluding diaryl/α,β-unsaturated/α-hetero) is 1. The first-order valence-electron chi connectivity index (χ1n) is 7.42. The summed E-state index contributed by atoms with van der Waals surface area (Å²) in [5, 5.41) is 2.65. The van der Waals surface area contributed by atoms with Crippen LogP contribution in [0, 0.1) is 0 Å². The number of carbonyl (C=O) groups excluding carboxylic acids is 2. The number of ketones is 1. The van der Waals surface area contributed by atoms with Gasteiger partial charge in [0.25, 0.3) is 5.91 Å². The molecule has 0 aromatic heterocycles. The predicted octanol–water partition coefficient (Wildman–Crippen LogP) is 2.46. The van der Waals surface area contributed by atoms with E-state index in [4.69, 9.17) is 4.74 Å². The van der Waals surface area contributed by atoms with Crippen LogP contribution in [-0.4, -0.2) is 30.9 Å². The van der Waals surface area contributed by atoms with Gasteiger partial charge in [-0.3, -0.25) is 9.59 Å². The lowest BCUT2D eigenvalue weighted by Gasteiger charge is -2.19. The van der Waals surface area contributed by atoms with Gasteiger partial charge in [-0.05, 0) is 23.8 Å². The fraction of sp³-hybridized carbons (Fsp3) is 0.529. The number of ether oxygens (including phenoxy) is 1. The molecule has 0 unspecified atom stereocenters. The predicted molar refractivity (Wildman–Crippen MR) is 81.5 cm³/mol. The summed E-state index contributed by atoms with van der Waals surface area (Å²) in [6.45, 7) is 7.47. The summed E-state index contributed by atoms with van der Waals surface area (Å²) in [5.74, 6) is -1.05. The second-order valence-corrected chi connectivity index (χ2v) is 6.50. The highest BCUT2D eigenvalue weighted by molar-refractivity contribution is 6.42. The summed E-state index contributed by atoms with van der Waals surface area (Å²) in [7, 11) is 0. The number of carbonyl (C=O) groups is 2. The van der Waals surface area contributed by atoms with E-state index < -0.39 is 11.7 Å². The van der Waals surface area contributed by atoms with Gasteiger partial charge in [-0.15, -0.1) is 0 Å². The maximum absolute atomic E-state index is 12.1. The Morgan fingerprint density at radius 1 is 1.24 bits per heavy atom. The van der Waals surface area contributed by atoms with Crippen molar-refractivity contribution >= 4 is 11.7 Å². The van der Waals surface area contributed by atoms with Gasteiger partial charge in [0.05, 0.1) is 6.10 Å². The quantitative estimate of drug-likeness (QED) is 0.684. The third-order valence-corrected chi connectivity index (χ3v) is 3.73. The van der Waals surface area contributed by atoms with E-state index in [2.05, 4.69) is 26.1 Å². The molecule has 1 amide bonds. The van der Waals surface area contributed by atoms with Crippen molar-refractivity contribution in [3.63, 3.8) is 0 Å². The lowest BCUT2D eigenvalue weighted by molar-refractivity contribution is -0.117. The van der Waals surface area contributed by atoms with Crippen LogP contribution in [0.15, 0.2) is 24.3 Å². The van der Waals surface area contributed by atoms with Crippen molar-refractivity contribution in [3.8, 4) is 0 Å². The maximum Gasteiger partial charge on any atom is 0.292 e. The SMILES string of the molecule is CC(C)(C)c1ccc(C(=O)C(=O)NC[C@@H]2CCCO2)cc1. The van der Waals surface area contributed by atoms with E-state index >= 15 is 0 Å². The van der Waals surface area contributed by atoms with Gasteiger partial charge in [0, 0.05) is 18.7 Å². The van der Waals surface area contributed by atoms with Gasteiger partial charge in [-0.2, -0.15) is 0 Å². The summed E-state index contributed by atoms with van der Waals surface area (Å²) in [4.78, 5) is 23.9. The number of benzene rings is 1. The van der Waals surface area contributed by atoms with Crippen molar-refractivity contribution in [1.82, 2.24) is 5.32 Å². The molecule has 2 rings (SSSR count). The lowest BCUT2D eigenvalue weighted by atomic mass is 9.86. The molecule has 1 atom stereocenters. The molecule has 0 bridgehead atoms. The molecule has 0 aliphatic carbocycles. The number of rotatable bonds is 4. The minimum atomic E-state index is -0.561. The molecule has 1 fully saturated rings. The maximum atomic E-state index is 12.1. The van der Waals surface area contributed by atoms with Crippen LogP contribution in [0.25, 0.3) is 0 Å². The molecule has 114 valence electrons. The molecule has 4 heteroatoms. The smallest absolute Gasteiger partial charge is 0.292 e. The molecule has 1 heterocycles. The van der Waals surface area contributed by atoms with Crippen LogP contribution < -0.4 is 5.32 Å². The summed E-state index contributed by atoms with van der Waals surface area (Å²) >= 11 is 0. The number of amides is 1. The Labute approximate surface area is 125 Å². The second kappa shape index (κ2) is 6.39. The summed E-state index contributed by atoms with van der Waals surface area (Å²) in [6.07, 6.45) is 2.00. The van der Waals surface area contributed by atoms with E-state index in [9.17, 15) is 9.59 Å². The molecule has 1 N–H and O–H groups in total. The van der Waals surface area contributed by atoms with E-state index in [0.29, 0.717) is 12.1 Å². The summed E-state index contributed by atoms with van der Waals surface area (Å²) < 4.78 is 5.42. The molecule has 1 aromatic carbocycles. The van der Waals surface area contributed by atoms with Crippen LogP contribution in [0.4, 0.5) is 0 Å². The van der Waals surface area contributed by atoms with Crippen LogP contribution in [0.1, 0.15) is 49.5 Å². The highest BCUT2D eigenvalue weighted by Gasteiger charge is 2.21. The average molecular weight is 289 g/mol. The first-order chi connectivity index (χ1) is 9.88. The first-order valence-corrected chi connectivity index (χ1v) is 7.42. The van der Waals surface area contributed by atoms with Gasteiger partial charge in [0.1, 0.15) is 0 Å². The minimum Gasteiger partial charge on any atom is -0.376 e. The van der Waals surface area contributed by atoms with Crippen molar-refractivity contribution in [2.45, 2.75) is 45.1 Å². The van der Waals surface area contributed by atoms with Crippen LogP contribution >= 0.6 is 0 Å². The van der Waals surface area contributed by atoms with Crippen LogP contribution in [0.5, 0.6) is 0 Å². The fourth-order valence-electron chi connectivity index (χ4n) is 2.34. The molecule has 1 aliphatic rings. The Balaban J connectivity index is 1.94. The standard InChI is InChI=1S/C17H23NO3/c1-17(2,3)13-8-6-12(7-9-13)15(19)16(20)18-11-14-5-4-10-21-14/h6-9,14H,4-5,10-11H2,1-3H3,(H,18,20)/t14-/m0/s1. The van der Waals surface area contributed by atoms with Crippen LogP contribution in [-0.2, 0) is 14.9 Å². The van der Waals surface area contributed by atoms with Crippen molar-refractivity contribution < 1.29 is 14.3 Å². The van der Waals surface area contributed by atoms with E-state index in [-0.39, 0.29) is 11.5 Å². The zero-order chi connectivity index (χ0) is 15.5. The molecule has 0 spiro atoms. The molecule has 21 heavy (non-hydrogen) atoms. The second-order valence-electron chi connectivity index (χ2n) is 6.50. The number of hydrogen-bond acceptors (Lipinski definition) is 3. The molecular formula is C17H23NO3. The third-order valence-electron chi connectivity index (χ3n) is 3.73. The topological polar surface area (TPSA) is 55.4 Å². The van der Waals surface area contributed by atoms with E-state index in [1.807, 2.05) is 12.1 Å². The molecule has 1 aromatic rings. The van der Waals surface area contributed by atoms with Crippen molar-refractivity contribution in [2.75, 3.05) is 13.2 Å². The highest BCUT2D eigenvalue weighted by Crippen LogP contribution is 2.22. The molecule has 0 radical (unpaired) electrons. The third kappa shape index (κ3) is 4.14. The normalized spacial score (nSPS) is 18.5. The van der Waals surface area contributed by atoms with Gasteiger partial charge in [-0.25, -0.2) is 0 Å². The van der Waals surface area contributed by atoms with Crippen molar-refractivity contribution in [1.29, 1.82) is 0 Å². The Morgan fingerprint density at radius 3 is 2.43 bits per heavy atom. The summed E-state index contributed by atoms with van der Waals surface area (Å²) in [6, 6.07) is 7.24. The zero-order valence-electron chi connectivity index (χ0n) is 12.9. The van der Waals surface area contributed by atoms with Gasteiger partial charge in [0.15, 0.2) is 0 Å². The van der Waals surface area contributed by atoms with E-state index in [1.54, 1.807) is 12.1 Å². The largest absolute Gasteiger partial charge is 0.376 e. The molecule has 0 saturated carbocycles. The van der Waals surface area contributed by atoms with Gasteiger partial charge in [0.2, 0.25) is 5.78 Å². The Hall–Kier alpha value is -1.68. The first kappa shape index (κ1) is 15.7. The molecule has 1 aliphatic heterocycles. The molecular weight excluding hydrogens is 266 g/mol. The minimum absolute atomic E-state index is 0.0314. The van der Waals surface area contributed by atoms with Crippen LogP contribution in [0.2, 0.25) is 0 Å². The Kier molecular flexibility index (Phi) is 4.78. The fourth-order valence-corrected chi connectivity index (χ4v) is 2.34. The highest BCUT2D eigenvalue weighted by atomic mass is 16.5. The monoisotopic (exact) mass is 289 g/mol. The van der Waals surface area contributed by atoms with Crippen LogP contribution in [0.3, 0.4) is 0 Å². The summed E-state index contributed by atoms with van der Waals surface area (Å²) in [5.41, 5.74) is 1.59. The Morgan fingerprint density at radius 2 is 1.90 bits per heavy atom. The van der Waals surface area contributed by atoms with E-state index in [1.165, 1.54) is 0 Å². The van der Waals surface area contributed by atoms with Gasteiger partial charge in [-0.1, -0.05) is 45.0 Å². The zero-order valence-corrected chi connectivity index (χ0v) is 12.9. The lowest BCUT2D eigenvalue weighted by Crippen LogP contribution is -2.36. The number of nitrogens with one attached hydrogen (secondary N) is 1. The average Bonchev–Trinajstić information content (AvgIpc) is 2.96. The van der Waals surface area contributed by atoms with E-state index in [0.717, 1.165) is 25.0 Å². The Bertz CT molecular complexity index is 508. The van der Waals surface area contributed by atoms with Gasteiger partial charge >= 0.3 is 0 Å².